The third-order valence-corrected chi connectivity index (χ3v) is 7.32. The molecule has 2 aliphatic heterocycles. The standard InChI is InChI=1S/C22H28N2O4/c1-27-21-18(25)9-12-11-24-8-7-14-13-5-3-4-6-16(13)23-20(14)17(24)10-15(12)19(21)22(26)28-2/h3-6,12,15,17-19,21,23,25H,7-11H2,1-2H3/t12-,15+,17?,18-,19+,21+/m1/s1. The maximum atomic E-state index is 12.6. The molecule has 6 nitrogen and oxygen atoms in total. The summed E-state index contributed by atoms with van der Waals surface area (Å²) in [4.78, 5) is 18.8. The van der Waals surface area contributed by atoms with E-state index in [1.54, 1.807) is 7.11 Å². The number of carbonyl (C=O) groups excluding carboxylic acids is 1. The van der Waals surface area contributed by atoms with Gasteiger partial charge in [-0.2, -0.15) is 0 Å². The van der Waals surface area contributed by atoms with E-state index in [1.165, 1.54) is 29.3 Å². The Bertz CT molecular complexity index is 894. The van der Waals surface area contributed by atoms with Gasteiger partial charge in [0.25, 0.3) is 0 Å². The molecule has 28 heavy (non-hydrogen) atoms. The first kappa shape index (κ1) is 18.2. The lowest BCUT2D eigenvalue weighted by molar-refractivity contribution is -0.175. The molecule has 0 amide bonds. The Hall–Kier alpha value is -1.89. The van der Waals surface area contributed by atoms with Crippen molar-refractivity contribution in [2.45, 2.75) is 37.5 Å². The summed E-state index contributed by atoms with van der Waals surface area (Å²) in [6.07, 6.45) is 1.49. The maximum Gasteiger partial charge on any atom is 0.311 e. The van der Waals surface area contributed by atoms with Crippen LogP contribution in [0.4, 0.5) is 0 Å². The van der Waals surface area contributed by atoms with Gasteiger partial charge in [-0.15, -0.1) is 0 Å². The summed E-state index contributed by atoms with van der Waals surface area (Å²) >= 11 is 0. The molecular weight excluding hydrogens is 356 g/mol. The number of methoxy groups -OCH3 is 2. The van der Waals surface area contributed by atoms with Crippen LogP contribution in [0.15, 0.2) is 24.3 Å². The average Bonchev–Trinajstić information content (AvgIpc) is 3.10. The molecule has 3 aliphatic rings. The summed E-state index contributed by atoms with van der Waals surface area (Å²) in [5.74, 6) is -0.241. The molecule has 1 aromatic heterocycles. The summed E-state index contributed by atoms with van der Waals surface area (Å²) < 4.78 is 10.7. The van der Waals surface area contributed by atoms with Gasteiger partial charge in [0.05, 0.1) is 31.3 Å². The summed E-state index contributed by atoms with van der Waals surface area (Å²) in [7, 11) is 3.01. The summed E-state index contributed by atoms with van der Waals surface area (Å²) in [5.41, 5.74) is 3.91. The Morgan fingerprint density at radius 3 is 2.86 bits per heavy atom. The Morgan fingerprint density at radius 2 is 2.07 bits per heavy atom. The van der Waals surface area contributed by atoms with Crippen molar-refractivity contribution in [1.29, 1.82) is 0 Å². The number of nitrogens with zero attached hydrogens (tertiary/aromatic N) is 1. The molecule has 0 spiro atoms. The van der Waals surface area contributed by atoms with Gasteiger partial charge in [-0.25, -0.2) is 0 Å². The van der Waals surface area contributed by atoms with Crippen LogP contribution in [0.1, 0.15) is 30.1 Å². The first-order valence-electron chi connectivity index (χ1n) is 10.2. The first-order valence-corrected chi connectivity index (χ1v) is 10.2. The smallest absolute Gasteiger partial charge is 0.311 e. The van der Waals surface area contributed by atoms with Crippen molar-refractivity contribution in [2.24, 2.45) is 17.8 Å². The van der Waals surface area contributed by atoms with Crippen LogP contribution in [0.5, 0.6) is 0 Å². The summed E-state index contributed by atoms with van der Waals surface area (Å²) in [6, 6.07) is 8.77. The third-order valence-electron chi connectivity index (χ3n) is 7.32. The van der Waals surface area contributed by atoms with Crippen molar-refractivity contribution in [2.75, 3.05) is 27.3 Å². The van der Waals surface area contributed by atoms with Crippen LogP contribution >= 0.6 is 0 Å². The highest BCUT2D eigenvalue weighted by Gasteiger charge is 2.53. The highest BCUT2D eigenvalue weighted by molar-refractivity contribution is 5.85. The molecule has 6 atom stereocenters. The number of fused-ring (bicyclic) bond motifs is 6. The normalized spacial score (nSPS) is 35.1. The van der Waals surface area contributed by atoms with Crippen molar-refractivity contribution in [1.82, 2.24) is 9.88 Å². The number of piperidine rings is 1. The van der Waals surface area contributed by atoms with Gasteiger partial charge < -0.3 is 19.6 Å². The summed E-state index contributed by atoms with van der Waals surface area (Å²) in [5, 5.41) is 11.9. The molecule has 1 saturated carbocycles. The lowest BCUT2D eigenvalue weighted by Gasteiger charge is -2.52. The van der Waals surface area contributed by atoms with Gasteiger partial charge in [-0.1, -0.05) is 18.2 Å². The lowest BCUT2D eigenvalue weighted by atomic mass is 9.64. The Balaban J connectivity index is 1.52. The molecule has 2 N–H and O–H groups in total. The minimum absolute atomic E-state index is 0.152. The molecule has 1 aromatic carbocycles. The van der Waals surface area contributed by atoms with Crippen molar-refractivity contribution < 1.29 is 19.4 Å². The Morgan fingerprint density at radius 1 is 1.25 bits per heavy atom. The summed E-state index contributed by atoms with van der Waals surface area (Å²) in [6.45, 7) is 1.93. The van der Waals surface area contributed by atoms with Crippen LogP contribution in [-0.2, 0) is 20.7 Å². The molecule has 1 saturated heterocycles. The minimum atomic E-state index is -0.625. The number of nitrogens with one attached hydrogen (secondary N) is 1. The largest absolute Gasteiger partial charge is 0.469 e. The van der Waals surface area contributed by atoms with Crippen LogP contribution in [0, 0.1) is 17.8 Å². The van der Waals surface area contributed by atoms with Gasteiger partial charge in [-0.3, -0.25) is 9.69 Å². The van der Waals surface area contributed by atoms with E-state index < -0.39 is 18.1 Å². The van der Waals surface area contributed by atoms with Gasteiger partial charge in [0.2, 0.25) is 0 Å². The van der Waals surface area contributed by atoms with E-state index in [1.807, 2.05) is 0 Å². The number of esters is 1. The highest BCUT2D eigenvalue weighted by atomic mass is 16.5. The number of carbonyl (C=O) groups is 1. The second-order valence-electron chi connectivity index (χ2n) is 8.54. The van der Waals surface area contributed by atoms with Gasteiger partial charge in [0.1, 0.15) is 0 Å². The number of rotatable bonds is 2. The number of aliphatic hydroxyl groups is 1. The number of hydrogen-bond acceptors (Lipinski definition) is 5. The maximum absolute atomic E-state index is 12.6. The monoisotopic (exact) mass is 384 g/mol. The topological polar surface area (TPSA) is 74.8 Å². The number of benzene rings is 1. The third kappa shape index (κ3) is 2.62. The van der Waals surface area contributed by atoms with E-state index in [0.717, 1.165) is 25.9 Å². The van der Waals surface area contributed by atoms with Crippen LogP contribution in [0.25, 0.3) is 10.9 Å². The molecular formula is C22H28N2O4. The molecule has 1 aliphatic carbocycles. The van der Waals surface area contributed by atoms with E-state index >= 15 is 0 Å². The molecule has 2 aromatic rings. The first-order chi connectivity index (χ1) is 13.6. The van der Waals surface area contributed by atoms with Crippen LogP contribution in [-0.4, -0.2) is 60.5 Å². The number of aromatic nitrogens is 1. The molecule has 5 rings (SSSR count). The van der Waals surface area contributed by atoms with E-state index in [-0.39, 0.29) is 23.8 Å². The zero-order valence-corrected chi connectivity index (χ0v) is 16.4. The minimum Gasteiger partial charge on any atom is -0.469 e. The zero-order chi connectivity index (χ0) is 19.4. The predicted molar refractivity (Wildman–Crippen MR) is 105 cm³/mol. The average molecular weight is 384 g/mol. The van der Waals surface area contributed by atoms with Crippen molar-refractivity contribution >= 4 is 16.9 Å². The molecule has 1 unspecified atom stereocenters. The highest BCUT2D eigenvalue weighted by Crippen LogP contribution is 2.49. The molecule has 2 fully saturated rings. The molecule has 6 heteroatoms. The molecule has 150 valence electrons. The number of aliphatic hydroxyl groups excluding tert-OH is 1. The predicted octanol–water partition coefficient (Wildman–Crippen LogP) is 2.27. The number of para-hydroxylation sites is 1. The van der Waals surface area contributed by atoms with E-state index in [0.29, 0.717) is 6.42 Å². The number of aromatic amines is 1. The van der Waals surface area contributed by atoms with Gasteiger partial charge in [0, 0.05) is 36.8 Å². The number of H-pyrrole nitrogens is 1. The van der Waals surface area contributed by atoms with Crippen molar-refractivity contribution in [3.05, 3.63) is 35.5 Å². The fourth-order valence-electron chi connectivity index (χ4n) is 6.11. The van der Waals surface area contributed by atoms with Crippen LogP contribution in [0.3, 0.4) is 0 Å². The lowest BCUT2D eigenvalue weighted by Crippen LogP contribution is -2.57. The Kier molecular flexibility index (Phi) is 4.45. The number of hydrogen-bond donors (Lipinski definition) is 2. The van der Waals surface area contributed by atoms with Gasteiger partial charge >= 0.3 is 5.97 Å². The second-order valence-corrected chi connectivity index (χ2v) is 8.54. The van der Waals surface area contributed by atoms with Crippen LogP contribution < -0.4 is 0 Å². The quantitative estimate of drug-likeness (QED) is 0.777. The zero-order valence-electron chi connectivity index (χ0n) is 16.4. The number of ether oxygens (including phenoxy) is 2. The molecule has 0 bridgehead atoms. The van der Waals surface area contributed by atoms with Gasteiger partial charge in [-0.05, 0) is 42.7 Å². The van der Waals surface area contributed by atoms with E-state index in [4.69, 9.17) is 9.47 Å². The van der Waals surface area contributed by atoms with Crippen LogP contribution in [0.2, 0.25) is 0 Å². The van der Waals surface area contributed by atoms with Gasteiger partial charge in [0.15, 0.2) is 0 Å². The van der Waals surface area contributed by atoms with Crippen molar-refractivity contribution in [3.63, 3.8) is 0 Å². The Labute approximate surface area is 164 Å². The molecule has 0 radical (unpaired) electrons. The van der Waals surface area contributed by atoms with Crippen molar-refractivity contribution in [3.8, 4) is 0 Å². The molecule has 3 heterocycles. The fourth-order valence-corrected chi connectivity index (χ4v) is 6.11. The second kappa shape index (κ2) is 6.87. The van der Waals surface area contributed by atoms with E-state index in [9.17, 15) is 9.90 Å². The van der Waals surface area contributed by atoms with E-state index in [2.05, 4.69) is 34.1 Å². The fraction of sp³-hybridized carbons (Fsp3) is 0.591. The SMILES string of the molecule is COC(=O)[C@H]1[C@H]2CC3c4[nH]c5ccccc5c4CCN3C[C@H]2C[C@@H](O)[C@@H]1OC.